The van der Waals surface area contributed by atoms with Gasteiger partial charge in [0.2, 0.25) is 0 Å². The number of piperidine rings is 2. The van der Waals surface area contributed by atoms with E-state index in [1.807, 2.05) is 6.07 Å². The summed E-state index contributed by atoms with van der Waals surface area (Å²) in [6.07, 6.45) is 6.60. The fraction of sp³-hybridized carbons (Fsp3) is 0.545. The number of carboxylic acid groups (broad SMARTS) is 1. The molecule has 2 aromatic rings. The number of hydrogen-bond acceptors (Lipinski definition) is 4. The summed E-state index contributed by atoms with van der Waals surface area (Å²) in [5.41, 5.74) is 2.45. The van der Waals surface area contributed by atoms with Crippen LogP contribution in [0.15, 0.2) is 42.6 Å². The molecule has 6 nitrogen and oxygen atoms in total. The number of benzene rings is 1. The fourth-order valence-electron chi connectivity index (χ4n) is 4.69. The van der Waals surface area contributed by atoms with Crippen molar-refractivity contribution >= 4 is 5.97 Å². The van der Waals surface area contributed by atoms with Crippen LogP contribution in [0.3, 0.4) is 0 Å². The van der Waals surface area contributed by atoms with Crippen LogP contribution >= 0.6 is 0 Å². The minimum Gasteiger partial charge on any atom is -0.480 e. The molecule has 6 heteroatoms. The lowest BCUT2D eigenvalue weighted by Crippen LogP contribution is -2.48. The highest BCUT2D eigenvalue weighted by molar-refractivity contribution is 5.66. The summed E-state index contributed by atoms with van der Waals surface area (Å²) in [7, 11) is 0. The molecule has 0 aliphatic carbocycles. The Morgan fingerprint density at radius 3 is 2.61 bits per heavy atom. The molecule has 1 unspecified atom stereocenters. The SMILES string of the molecule is O=C(O)Cn1ccc(C2CCCN(C3CCN(Cc4ccccc4)CC3)C2)n1. The van der Waals surface area contributed by atoms with E-state index >= 15 is 0 Å². The average Bonchev–Trinajstić information content (AvgIpc) is 3.17. The van der Waals surface area contributed by atoms with Crippen molar-refractivity contribution in [2.24, 2.45) is 0 Å². The van der Waals surface area contributed by atoms with Crippen LogP contribution in [0.4, 0.5) is 0 Å². The summed E-state index contributed by atoms with van der Waals surface area (Å²) in [5, 5.41) is 13.5. The first-order valence-corrected chi connectivity index (χ1v) is 10.4. The van der Waals surface area contributed by atoms with E-state index in [9.17, 15) is 4.79 Å². The van der Waals surface area contributed by atoms with Gasteiger partial charge in [0, 0.05) is 31.2 Å². The van der Waals surface area contributed by atoms with Gasteiger partial charge >= 0.3 is 5.97 Å². The zero-order chi connectivity index (χ0) is 19.3. The molecule has 150 valence electrons. The van der Waals surface area contributed by atoms with E-state index in [1.54, 1.807) is 10.9 Å². The molecule has 0 radical (unpaired) electrons. The van der Waals surface area contributed by atoms with Crippen LogP contribution in [-0.2, 0) is 17.9 Å². The average molecular weight is 383 g/mol. The maximum Gasteiger partial charge on any atom is 0.325 e. The summed E-state index contributed by atoms with van der Waals surface area (Å²) in [5.74, 6) is -0.423. The van der Waals surface area contributed by atoms with E-state index in [0.717, 1.165) is 38.3 Å². The van der Waals surface area contributed by atoms with Crippen LogP contribution in [0.2, 0.25) is 0 Å². The third-order valence-corrected chi connectivity index (χ3v) is 6.15. The van der Waals surface area contributed by atoms with Crippen molar-refractivity contribution in [2.75, 3.05) is 26.2 Å². The minimum atomic E-state index is -0.845. The Morgan fingerprint density at radius 2 is 1.86 bits per heavy atom. The lowest BCUT2D eigenvalue weighted by atomic mass is 9.92. The van der Waals surface area contributed by atoms with Gasteiger partial charge in [0.1, 0.15) is 6.54 Å². The highest BCUT2D eigenvalue weighted by Crippen LogP contribution is 2.29. The van der Waals surface area contributed by atoms with E-state index in [4.69, 9.17) is 5.11 Å². The van der Waals surface area contributed by atoms with Gasteiger partial charge in [-0.3, -0.25) is 19.3 Å². The molecule has 2 fully saturated rings. The molecule has 1 aromatic carbocycles. The third-order valence-electron chi connectivity index (χ3n) is 6.15. The second kappa shape index (κ2) is 8.88. The molecule has 3 heterocycles. The van der Waals surface area contributed by atoms with E-state index in [-0.39, 0.29) is 6.54 Å². The van der Waals surface area contributed by atoms with Gasteiger partial charge in [0.25, 0.3) is 0 Å². The Bertz CT molecular complexity index is 768. The Hall–Kier alpha value is -2.18. The standard InChI is InChI=1S/C22H30N4O2/c27-22(28)17-26-14-10-21(23-26)19-7-4-11-25(16-19)20-8-12-24(13-9-20)15-18-5-2-1-3-6-18/h1-3,5-6,10,14,19-20H,4,7-9,11-13,15-17H2,(H,27,28). The van der Waals surface area contributed by atoms with Crippen LogP contribution in [-0.4, -0.2) is 62.9 Å². The summed E-state index contributed by atoms with van der Waals surface area (Å²) in [4.78, 5) is 16.1. The topological polar surface area (TPSA) is 61.6 Å². The van der Waals surface area contributed by atoms with Crippen molar-refractivity contribution in [3.63, 3.8) is 0 Å². The zero-order valence-electron chi connectivity index (χ0n) is 16.4. The third kappa shape index (κ3) is 4.80. The highest BCUT2D eigenvalue weighted by Gasteiger charge is 2.30. The second-order valence-electron chi connectivity index (χ2n) is 8.16. The zero-order valence-corrected chi connectivity index (χ0v) is 16.4. The van der Waals surface area contributed by atoms with Crippen LogP contribution in [0.25, 0.3) is 0 Å². The van der Waals surface area contributed by atoms with E-state index in [1.165, 1.54) is 31.4 Å². The number of aliphatic carboxylic acids is 1. The van der Waals surface area contributed by atoms with Crippen LogP contribution in [0.1, 0.15) is 42.9 Å². The number of likely N-dealkylation sites (tertiary alicyclic amines) is 2. The van der Waals surface area contributed by atoms with E-state index < -0.39 is 5.97 Å². The molecular formula is C22H30N4O2. The Balaban J connectivity index is 1.29. The molecule has 2 aliphatic rings. The van der Waals surface area contributed by atoms with Crippen LogP contribution in [0.5, 0.6) is 0 Å². The summed E-state index contributed by atoms with van der Waals surface area (Å²) in [6.45, 7) is 5.54. The van der Waals surface area contributed by atoms with Crippen molar-refractivity contribution in [3.05, 3.63) is 53.9 Å². The molecule has 1 atom stereocenters. The van der Waals surface area contributed by atoms with Gasteiger partial charge < -0.3 is 5.11 Å². The van der Waals surface area contributed by atoms with E-state index in [0.29, 0.717) is 12.0 Å². The first kappa shape index (κ1) is 19.2. The number of carboxylic acids is 1. The van der Waals surface area contributed by atoms with Gasteiger partial charge in [-0.1, -0.05) is 30.3 Å². The predicted molar refractivity (Wildman–Crippen MR) is 108 cm³/mol. The van der Waals surface area contributed by atoms with Gasteiger partial charge in [0.15, 0.2) is 0 Å². The molecule has 1 aromatic heterocycles. The fourth-order valence-corrected chi connectivity index (χ4v) is 4.69. The largest absolute Gasteiger partial charge is 0.480 e. The normalized spacial score (nSPS) is 22.4. The lowest BCUT2D eigenvalue weighted by Gasteiger charge is -2.42. The summed E-state index contributed by atoms with van der Waals surface area (Å²) in [6, 6.07) is 13.4. The van der Waals surface area contributed by atoms with Crippen LogP contribution in [0, 0.1) is 0 Å². The van der Waals surface area contributed by atoms with E-state index in [2.05, 4.69) is 45.2 Å². The minimum absolute atomic E-state index is 0.0592. The Kier molecular flexibility index (Phi) is 6.07. The molecule has 0 amide bonds. The van der Waals surface area contributed by atoms with Gasteiger partial charge in [-0.2, -0.15) is 5.10 Å². The van der Waals surface area contributed by atoms with Crippen molar-refractivity contribution in [1.29, 1.82) is 0 Å². The molecule has 4 rings (SSSR count). The number of carbonyl (C=O) groups is 1. The first-order chi connectivity index (χ1) is 13.7. The van der Waals surface area contributed by atoms with Gasteiger partial charge in [-0.25, -0.2) is 0 Å². The predicted octanol–water partition coefficient (Wildman–Crippen LogP) is 2.81. The van der Waals surface area contributed by atoms with Gasteiger partial charge in [0.05, 0.1) is 5.69 Å². The molecule has 2 saturated heterocycles. The lowest BCUT2D eigenvalue weighted by molar-refractivity contribution is -0.137. The van der Waals surface area contributed by atoms with Crippen molar-refractivity contribution in [2.45, 2.75) is 50.7 Å². The van der Waals surface area contributed by atoms with Crippen molar-refractivity contribution < 1.29 is 9.90 Å². The summed E-state index contributed by atoms with van der Waals surface area (Å²) >= 11 is 0. The Labute approximate surface area is 166 Å². The molecule has 0 saturated carbocycles. The van der Waals surface area contributed by atoms with Crippen LogP contribution < -0.4 is 0 Å². The molecule has 0 spiro atoms. The maximum atomic E-state index is 10.9. The number of aromatic nitrogens is 2. The first-order valence-electron chi connectivity index (χ1n) is 10.4. The monoisotopic (exact) mass is 382 g/mol. The number of hydrogen-bond donors (Lipinski definition) is 1. The summed E-state index contributed by atoms with van der Waals surface area (Å²) < 4.78 is 1.54. The van der Waals surface area contributed by atoms with Crippen molar-refractivity contribution in [3.8, 4) is 0 Å². The number of rotatable bonds is 6. The molecule has 0 bridgehead atoms. The molecule has 2 aliphatic heterocycles. The number of nitrogens with zero attached hydrogens (tertiary/aromatic N) is 4. The quantitative estimate of drug-likeness (QED) is 0.832. The molecule has 28 heavy (non-hydrogen) atoms. The highest BCUT2D eigenvalue weighted by atomic mass is 16.4. The second-order valence-corrected chi connectivity index (χ2v) is 8.16. The Morgan fingerprint density at radius 1 is 1.07 bits per heavy atom. The smallest absolute Gasteiger partial charge is 0.325 e. The molecule has 1 N–H and O–H groups in total. The van der Waals surface area contributed by atoms with Gasteiger partial charge in [-0.05, 0) is 56.9 Å². The van der Waals surface area contributed by atoms with Crippen molar-refractivity contribution in [1.82, 2.24) is 19.6 Å². The van der Waals surface area contributed by atoms with Gasteiger partial charge in [-0.15, -0.1) is 0 Å². The molecular weight excluding hydrogens is 352 g/mol. The maximum absolute atomic E-state index is 10.9.